The molecule has 0 spiro atoms. The third-order valence-electron chi connectivity index (χ3n) is 6.34. The first-order valence-electron chi connectivity index (χ1n) is 10.2. The number of likely N-dealkylation sites (tertiary alicyclic amines) is 2. The average molecular weight is 390 g/mol. The van der Waals surface area contributed by atoms with Gasteiger partial charge in [0, 0.05) is 31.2 Å². The Kier molecular flexibility index (Phi) is 5.78. The number of nitrogens with zero attached hydrogens (tertiary/aromatic N) is 4. The van der Waals surface area contributed by atoms with Crippen LogP contribution in [0.25, 0.3) is 0 Å². The molecule has 0 saturated carbocycles. The first-order valence-corrected chi connectivity index (χ1v) is 11.5. The number of carbonyl (C=O) groups is 1. The van der Waals surface area contributed by atoms with Gasteiger partial charge in [-0.3, -0.25) is 4.79 Å². The summed E-state index contributed by atoms with van der Waals surface area (Å²) in [6.45, 7) is 7.19. The van der Waals surface area contributed by atoms with Gasteiger partial charge in [0.15, 0.2) is 5.82 Å². The minimum absolute atomic E-state index is 0.235. The minimum atomic E-state index is 0.235. The number of amides is 1. The zero-order valence-corrected chi connectivity index (χ0v) is 17.2. The van der Waals surface area contributed by atoms with Crippen molar-refractivity contribution in [1.29, 1.82) is 0 Å². The molecule has 3 aliphatic heterocycles. The molecule has 6 nitrogen and oxygen atoms in total. The second kappa shape index (κ2) is 8.27. The fraction of sp³-hybridized carbons (Fsp3) is 0.700. The highest BCUT2D eigenvalue weighted by Gasteiger charge is 2.38. The number of hydrogen-bond acceptors (Lipinski definition) is 6. The summed E-state index contributed by atoms with van der Waals surface area (Å²) in [5, 5.41) is 3.57. The molecule has 1 unspecified atom stereocenters. The van der Waals surface area contributed by atoms with Crippen molar-refractivity contribution in [1.82, 2.24) is 14.8 Å². The van der Waals surface area contributed by atoms with Crippen molar-refractivity contribution in [3.8, 4) is 0 Å². The molecule has 4 rings (SSSR count). The van der Waals surface area contributed by atoms with E-state index in [0.29, 0.717) is 11.9 Å². The molecule has 2 saturated heterocycles. The number of rotatable bonds is 4. The quantitative estimate of drug-likeness (QED) is 0.855. The van der Waals surface area contributed by atoms with Crippen LogP contribution in [0, 0.1) is 5.92 Å². The first kappa shape index (κ1) is 18.9. The second-order valence-electron chi connectivity index (χ2n) is 7.78. The number of piperidine rings is 2. The molecule has 27 heavy (non-hydrogen) atoms. The van der Waals surface area contributed by atoms with Gasteiger partial charge in [0.2, 0.25) is 5.91 Å². The van der Waals surface area contributed by atoms with Gasteiger partial charge < -0.3 is 20.0 Å². The van der Waals surface area contributed by atoms with Gasteiger partial charge in [-0.2, -0.15) is 0 Å². The van der Waals surface area contributed by atoms with Crippen LogP contribution in [0.5, 0.6) is 0 Å². The standard InChI is InChI=1S/C20H31N5OS/c1-3-23-11-6-15(7-12-23)19(26)24-13-8-16(9-14-24)25-18-17(5-4-10-21-18)22-20(25)27-2/h4-5,10,15-16,20,22H,3,6-9,11-14H2,1-2H3. The molecular formula is C20H31N5OS. The highest BCUT2D eigenvalue weighted by atomic mass is 32.2. The zero-order valence-electron chi connectivity index (χ0n) is 16.4. The molecule has 0 radical (unpaired) electrons. The van der Waals surface area contributed by atoms with E-state index in [0.717, 1.165) is 69.9 Å². The Labute approximate surface area is 166 Å². The molecular weight excluding hydrogens is 358 g/mol. The van der Waals surface area contributed by atoms with Crippen LogP contribution in [-0.4, -0.2) is 71.2 Å². The van der Waals surface area contributed by atoms with E-state index in [9.17, 15) is 4.79 Å². The van der Waals surface area contributed by atoms with Crippen LogP contribution in [0.1, 0.15) is 32.6 Å². The van der Waals surface area contributed by atoms with Crippen LogP contribution in [0.2, 0.25) is 0 Å². The van der Waals surface area contributed by atoms with E-state index >= 15 is 0 Å². The van der Waals surface area contributed by atoms with Gasteiger partial charge in [-0.1, -0.05) is 6.92 Å². The number of carbonyl (C=O) groups excluding carboxylic acids is 1. The Morgan fingerprint density at radius 3 is 2.63 bits per heavy atom. The molecule has 7 heteroatoms. The molecule has 2 fully saturated rings. The van der Waals surface area contributed by atoms with E-state index in [1.807, 2.05) is 24.0 Å². The highest BCUT2D eigenvalue weighted by molar-refractivity contribution is 7.99. The van der Waals surface area contributed by atoms with Crippen LogP contribution >= 0.6 is 11.8 Å². The van der Waals surface area contributed by atoms with Gasteiger partial charge in [-0.25, -0.2) is 4.98 Å². The van der Waals surface area contributed by atoms with E-state index in [1.165, 1.54) is 0 Å². The maximum atomic E-state index is 13.0. The molecule has 3 aliphatic rings. The molecule has 0 bridgehead atoms. The van der Waals surface area contributed by atoms with Crippen molar-refractivity contribution in [3.63, 3.8) is 0 Å². The van der Waals surface area contributed by atoms with Crippen LogP contribution in [-0.2, 0) is 4.79 Å². The summed E-state index contributed by atoms with van der Waals surface area (Å²) in [6, 6.07) is 4.53. The maximum Gasteiger partial charge on any atom is 0.225 e. The maximum absolute atomic E-state index is 13.0. The van der Waals surface area contributed by atoms with Gasteiger partial charge in [-0.15, -0.1) is 11.8 Å². The molecule has 0 aromatic carbocycles. The number of pyridine rings is 1. The fourth-order valence-corrected chi connectivity index (χ4v) is 5.43. The summed E-state index contributed by atoms with van der Waals surface area (Å²) in [6.07, 6.45) is 8.10. The van der Waals surface area contributed by atoms with Gasteiger partial charge in [0.1, 0.15) is 5.50 Å². The van der Waals surface area contributed by atoms with E-state index in [-0.39, 0.29) is 11.4 Å². The Balaban J connectivity index is 1.36. The Morgan fingerprint density at radius 1 is 1.22 bits per heavy atom. The summed E-state index contributed by atoms with van der Waals surface area (Å²) in [4.78, 5) is 24.6. The van der Waals surface area contributed by atoms with Crippen molar-refractivity contribution in [3.05, 3.63) is 18.3 Å². The summed E-state index contributed by atoms with van der Waals surface area (Å²) < 4.78 is 0. The lowest BCUT2D eigenvalue weighted by molar-refractivity contribution is -0.138. The van der Waals surface area contributed by atoms with Crippen molar-refractivity contribution >= 4 is 29.2 Å². The third-order valence-corrected chi connectivity index (χ3v) is 7.13. The van der Waals surface area contributed by atoms with Crippen LogP contribution < -0.4 is 10.2 Å². The van der Waals surface area contributed by atoms with E-state index in [1.54, 1.807) is 0 Å². The second-order valence-corrected chi connectivity index (χ2v) is 8.70. The molecule has 1 aromatic rings. The summed E-state index contributed by atoms with van der Waals surface area (Å²) >= 11 is 1.81. The van der Waals surface area contributed by atoms with E-state index < -0.39 is 0 Å². The number of thioether (sulfide) groups is 1. The summed E-state index contributed by atoms with van der Waals surface area (Å²) in [5.74, 6) is 1.69. The van der Waals surface area contributed by atoms with Gasteiger partial charge >= 0.3 is 0 Å². The molecule has 0 aliphatic carbocycles. The van der Waals surface area contributed by atoms with Crippen LogP contribution in [0.15, 0.2) is 18.3 Å². The number of hydrogen-bond donors (Lipinski definition) is 1. The summed E-state index contributed by atoms with van der Waals surface area (Å²) in [7, 11) is 0. The van der Waals surface area contributed by atoms with Gasteiger partial charge in [0.25, 0.3) is 0 Å². The van der Waals surface area contributed by atoms with Crippen molar-refractivity contribution in [2.24, 2.45) is 5.92 Å². The normalized spacial score (nSPS) is 24.7. The third kappa shape index (κ3) is 3.76. The highest BCUT2D eigenvalue weighted by Crippen LogP contribution is 2.39. The lowest BCUT2D eigenvalue weighted by Gasteiger charge is -2.41. The summed E-state index contributed by atoms with van der Waals surface area (Å²) in [5.41, 5.74) is 1.36. The lowest BCUT2D eigenvalue weighted by Crippen LogP contribution is -2.51. The fourth-order valence-electron chi connectivity index (χ4n) is 4.68. The average Bonchev–Trinajstić information content (AvgIpc) is 3.12. The SMILES string of the molecule is CCN1CCC(C(=O)N2CCC(N3c4ncccc4NC3SC)CC2)CC1. The number of anilines is 2. The molecule has 1 aromatic heterocycles. The van der Waals surface area contributed by atoms with Crippen molar-refractivity contribution in [2.75, 3.05) is 49.2 Å². The van der Waals surface area contributed by atoms with E-state index in [4.69, 9.17) is 0 Å². The molecule has 148 valence electrons. The number of aromatic nitrogens is 1. The largest absolute Gasteiger partial charge is 0.354 e. The van der Waals surface area contributed by atoms with E-state index in [2.05, 4.69) is 44.2 Å². The lowest BCUT2D eigenvalue weighted by atomic mass is 9.93. The predicted molar refractivity (Wildman–Crippen MR) is 112 cm³/mol. The van der Waals surface area contributed by atoms with Crippen LogP contribution in [0.3, 0.4) is 0 Å². The minimum Gasteiger partial charge on any atom is -0.354 e. The van der Waals surface area contributed by atoms with Gasteiger partial charge in [0.05, 0.1) is 5.69 Å². The number of nitrogens with one attached hydrogen (secondary N) is 1. The van der Waals surface area contributed by atoms with Gasteiger partial charge in [-0.05, 0) is 63.7 Å². The number of fused-ring (bicyclic) bond motifs is 1. The van der Waals surface area contributed by atoms with Crippen molar-refractivity contribution in [2.45, 2.75) is 44.1 Å². The predicted octanol–water partition coefficient (Wildman–Crippen LogP) is 2.68. The van der Waals surface area contributed by atoms with Crippen molar-refractivity contribution < 1.29 is 4.79 Å². The monoisotopic (exact) mass is 389 g/mol. The molecule has 1 amide bonds. The Morgan fingerprint density at radius 2 is 1.96 bits per heavy atom. The zero-order chi connectivity index (χ0) is 18.8. The van der Waals surface area contributed by atoms with Crippen LogP contribution in [0.4, 0.5) is 11.5 Å². The smallest absolute Gasteiger partial charge is 0.225 e. The molecule has 1 N–H and O–H groups in total. The Bertz CT molecular complexity index is 656. The molecule has 4 heterocycles. The first-order chi connectivity index (χ1) is 13.2. The topological polar surface area (TPSA) is 51.7 Å². The Hall–Kier alpha value is -1.47. The molecule has 1 atom stereocenters.